The molecule has 1 saturated heterocycles. The van der Waals surface area contributed by atoms with Gasteiger partial charge in [0.2, 0.25) is 0 Å². The molecule has 1 atom stereocenters. The van der Waals surface area contributed by atoms with Crippen molar-refractivity contribution in [3.63, 3.8) is 0 Å². The highest BCUT2D eigenvalue weighted by atomic mass is 16.5. The Morgan fingerprint density at radius 1 is 1.47 bits per heavy atom. The molecule has 2 N–H and O–H groups in total. The zero-order chi connectivity index (χ0) is 10.7. The first kappa shape index (κ1) is 10.7. The van der Waals surface area contributed by atoms with E-state index in [2.05, 4.69) is 11.8 Å². The Morgan fingerprint density at radius 3 is 2.93 bits per heavy atom. The van der Waals surface area contributed by atoms with E-state index < -0.39 is 0 Å². The van der Waals surface area contributed by atoms with Crippen LogP contribution >= 0.6 is 0 Å². The van der Waals surface area contributed by atoms with Crippen molar-refractivity contribution in [1.29, 1.82) is 0 Å². The summed E-state index contributed by atoms with van der Waals surface area (Å²) in [4.78, 5) is 2.36. The van der Waals surface area contributed by atoms with Crippen molar-refractivity contribution in [3.05, 3.63) is 23.7 Å². The molecule has 1 aliphatic rings. The monoisotopic (exact) mass is 210 g/mol. The largest absolute Gasteiger partial charge is 0.463 e. The maximum absolute atomic E-state index is 5.58. The number of hydrogen-bond donors (Lipinski definition) is 1. The highest BCUT2D eigenvalue weighted by Crippen LogP contribution is 2.14. The highest BCUT2D eigenvalue weighted by Gasteiger charge is 2.19. The summed E-state index contributed by atoms with van der Waals surface area (Å²) in [7, 11) is 0. The molecule has 0 spiro atoms. The fourth-order valence-electron chi connectivity index (χ4n) is 1.81. The average Bonchev–Trinajstić information content (AvgIpc) is 2.69. The first-order valence-electron chi connectivity index (χ1n) is 5.39. The molecular formula is C11H18N2O2. The highest BCUT2D eigenvalue weighted by molar-refractivity contribution is 5.07. The Bertz CT molecular complexity index is 311. The van der Waals surface area contributed by atoms with E-state index >= 15 is 0 Å². The quantitative estimate of drug-likeness (QED) is 0.807. The average molecular weight is 210 g/mol. The molecule has 2 rings (SSSR count). The maximum Gasteiger partial charge on any atom is 0.118 e. The second-order valence-corrected chi connectivity index (χ2v) is 3.97. The van der Waals surface area contributed by atoms with Crippen molar-refractivity contribution in [2.45, 2.75) is 26.1 Å². The SMILES string of the molecule is CC1COCCN1Cc1ccc(CN)o1. The van der Waals surface area contributed by atoms with Crippen LogP contribution < -0.4 is 5.73 Å². The molecule has 4 nitrogen and oxygen atoms in total. The van der Waals surface area contributed by atoms with Crippen LogP contribution in [0.5, 0.6) is 0 Å². The summed E-state index contributed by atoms with van der Waals surface area (Å²) >= 11 is 0. The van der Waals surface area contributed by atoms with E-state index in [4.69, 9.17) is 14.9 Å². The van der Waals surface area contributed by atoms with Crippen molar-refractivity contribution in [2.24, 2.45) is 5.73 Å². The fourth-order valence-corrected chi connectivity index (χ4v) is 1.81. The number of hydrogen-bond acceptors (Lipinski definition) is 4. The van der Waals surface area contributed by atoms with Crippen LogP contribution in [0.15, 0.2) is 16.5 Å². The van der Waals surface area contributed by atoms with E-state index in [9.17, 15) is 0 Å². The first-order valence-corrected chi connectivity index (χ1v) is 5.39. The normalized spacial score (nSPS) is 23.2. The third-order valence-electron chi connectivity index (χ3n) is 2.78. The summed E-state index contributed by atoms with van der Waals surface area (Å²) < 4.78 is 11.0. The predicted octanol–water partition coefficient (Wildman–Crippen LogP) is 0.959. The summed E-state index contributed by atoms with van der Waals surface area (Å²) in [6.45, 7) is 6.09. The standard InChI is InChI=1S/C11H18N2O2/c1-9-8-14-5-4-13(9)7-11-3-2-10(6-12)15-11/h2-3,9H,4-8,12H2,1H3. The molecule has 0 saturated carbocycles. The van der Waals surface area contributed by atoms with Crippen LogP contribution in [-0.4, -0.2) is 30.7 Å². The molecule has 2 heterocycles. The van der Waals surface area contributed by atoms with Crippen molar-refractivity contribution in [1.82, 2.24) is 4.90 Å². The van der Waals surface area contributed by atoms with Gasteiger partial charge in [0.15, 0.2) is 0 Å². The summed E-state index contributed by atoms with van der Waals surface area (Å²) in [5.74, 6) is 1.84. The molecule has 15 heavy (non-hydrogen) atoms. The number of nitrogens with zero attached hydrogens (tertiary/aromatic N) is 1. The van der Waals surface area contributed by atoms with Crippen molar-refractivity contribution in [3.8, 4) is 0 Å². The molecular weight excluding hydrogens is 192 g/mol. The van der Waals surface area contributed by atoms with Crippen LogP contribution in [0, 0.1) is 0 Å². The smallest absolute Gasteiger partial charge is 0.118 e. The zero-order valence-corrected chi connectivity index (χ0v) is 9.11. The minimum atomic E-state index is 0.463. The van der Waals surface area contributed by atoms with Gasteiger partial charge >= 0.3 is 0 Å². The summed E-state index contributed by atoms with van der Waals surface area (Å²) in [6.07, 6.45) is 0. The Balaban J connectivity index is 1.95. The minimum Gasteiger partial charge on any atom is -0.463 e. The van der Waals surface area contributed by atoms with Crippen LogP contribution in [0.2, 0.25) is 0 Å². The van der Waals surface area contributed by atoms with Crippen molar-refractivity contribution < 1.29 is 9.15 Å². The predicted molar refractivity (Wildman–Crippen MR) is 57.3 cm³/mol. The van der Waals surface area contributed by atoms with E-state index in [1.54, 1.807) is 0 Å². The van der Waals surface area contributed by atoms with Gasteiger partial charge in [0.25, 0.3) is 0 Å². The van der Waals surface area contributed by atoms with Gasteiger partial charge in [-0.15, -0.1) is 0 Å². The third-order valence-corrected chi connectivity index (χ3v) is 2.78. The Hall–Kier alpha value is -0.840. The van der Waals surface area contributed by atoms with Gasteiger partial charge < -0.3 is 14.9 Å². The lowest BCUT2D eigenvalue weighted by atomic mass is 10.2. The molecule has 84 valence electrons. The Kier molecular flexibility index (Phi) is 3.41. The van der Waals surface area contributed by atoms with E-state index in [1.165, 1.54) is 0 Å². The molecule has 4 heteroatoms. The lowest BCUT2D eigenvalue weighted by Gasteiger charge is -2.32. The van der Waals surface area contributed by atoms with Gasteiger partial charge in [-0.25, -0.2) is 0 Å². The Morgan fingerprint density at radius 2 is 2.27 bits per heavy atom. The topological polar surface area (TPSA) is 51.6 Å². The van der Waals surface area contributed by atoms with Crippen LogP contribution in [0.3, 0.4) is 0 Å². The summed E-state index contributed by atoms with van der Waals surface area (Å²) in [5.41, 5.74) is 5.50. The van der Waals surface area contributed by atoms with Crippen LogP contribution in [0.1, 0.15) is 18.4 Å². The minimum absolute atomic E-state index is 0.463. The lowest BCUT2D eigenvalue weighted by Crippen LogP contribution is -2.42. The van der Waals surface area contributed by atoms with Crippen LogP contribution in [0.25, 0.3) is 0 Å². The summed E-state index contributed by atoms with van der Waals surface area (Å²) in [6, 6.07) is 4.41. The molecule has 0 radical (unpaired) electrons. The lowest BCUT2D eigenvalue weighted by molar-refractivity contribution is -0.00720. The fraction of sp³-hybridized carbons (Fsp3) is 0.636. The van der Waals surface area contributed by atoms with Gasteiger partial charge in [0.1, 0.15) is 11.5 Å². The molecule has 1 fully saturated rings. The van der Waals surface area contributed by atoms with E-state index in [0.29, 0.717) is 12.6 Å². The summed E-state index contributed by atoms with van der Waals surface area (Å²) in [5, 5.41) is 0. The van der Waals surface area contributed by atoms with E-state index in [-0.39, 0.29) is 0 Å². The van der Waals surface area contributed by atoms with Crippen LogP contribution in [-0.2, 0) is 17.8 Å². The second-order valence-electron chi connectivity index (χ2n) is 3.97. The molecule has 1 aromatic heterocycles. The van der Waals surface area contributed by atoms with Gasteiger partial charge in [-0.1, -0.05) is 0 Å². The van der Waals surface area contributed by atoms with Crippen LogP contribution in [0.4, 0.5) is 0 Å². The van der Waals surface area contributed by atoms with Gasteiger partial charge in [0.05, 0.1) is 26.3 Å². The molecule has 1 aromatic rings. The van der Waals surface area contributed by atoms with E-state index in [0.717, 1.165) is 37.8 Å². The number of rotatable bonds is 3. The third kappa shape index (κ3) is 2.59. The first-order chi connectivity index (χ1) is 7.29. The molecule has 0 amide bonds. The molecule has 0 bridgehead atoms. The molecule has 0 aromatic carbocycles. The number of morpholine rings is 1. The Labute approximate surface area is 90.0 Å². The van der Waals surface area contributed by atoms with E-state index in [1.807, 2.05) is 12.1 Å². The maximum atomic E-state index is 5.58. The molecule has 1 unspecified atom stereocenters. The van der Waals surface area contributed by atoms with Crippen molar-refractivity contribution in [2.75, 3.05) is 19.8 Å². The number of nitrogens with two attached hydrogens (primary N) is 1. The number of furan rings is 1. The van der Waals surface area contributed by atoms with Crippen molar-refractivity contribution >= 4 is 0 Å². The van der Waals surface area contributed by atoms with Gasteiger partial charge in [-0.05, 0) is 19.1 Å². The number of ether oxygens (including phenoxy) is 1. The zero-order valence-electron chi connectivity index (χ0n) is 9.11. The molecule has 0 aliphatic carbocycles. The van der Waals surface area contributed by atoms with Gasteiger partial charge in [-0.2, -0.15) is 0 Å². The second kappa shape index (κ2) is 4.79. The molecule has 1 aliphatic heterocycles. The van der Waals surface area contributed by atoms with Gasteiger partial charge in [-0.3, -0.25) is 4.90 Å². The van der Waals surface area contributed by atoms with Gasteiger partial charge in [0, 0.05) is 12.6 Å².